The number of carbonyl (C=O) groups is 2. The number of imidazole rings is 1. The number of anilines is 1. The van der Waals surface area contributed by atoms with Gasteiger partial charge in [-0.25, -0.2) is 14.8 Å². The number of aryl methyl sites for hydroxylation is 1. The van der Waals surface area contributed by atoms with Gasteiger partial charge in [-0.05, 0) is 37.8 Å². The Hall–Kier alpha value is -2.69. The standard InChI is InChI=1S/C24H31ClN6O3S/c1-4-13(5-2)26-18-12-31(24-29-17-9-7-8-14(23(33)34)19(17)35-24)11-10-16(18)28-22(32)21-27-15(6-3)20(25)30-21/h7-9,13,16,18,26H,4-6,10-12H2,1-3H3,(H,27,30)(H,28,32)(H,33,34). The monoisotopic (exact) mass is 518 g/mol. The minimum absolute atomic E-state index is 0.0142. The van der Waals surface area contributed by atoms with E-state index in [4.69, 9.17) is 16.6 Å². The first-order valence-electron chi connectivity index (χ1n) is 12.0. The van der Waals surface area contributed by atoms with E-state index in [1.54, 1.807) is 12.1 Å². The molecule has 2 unspecified atom stereocenters. The molecule has 2 atom stereocenters. The van der Waals surface area contributed by atoms with Gasteiger partial charge in [0, 0.05) is 31.2 Å². The number of carboxylic acids is 1. The lowest BCUT2D eigenvalue weighted by Crippen LogP contribution is -2.61. The number of aromatic nitrogens is 3. The molecule has 0 bridgehead atoms. The van der Waals surface area contributed by atoms with E-state index in [1.165, 1.54) is 11.3 Å². The highest BCUT2D eigenvalue weighted by Gasteiger charge is 2.33. The lowest BCUT2D eigenvalue weighted by atomic mass is 9.97. The SMILES string of the molecule is CCc1[nH]c(C(=O)NC2CCN(c3nc4cccc(C(=O)O)c4s3)CC2NC(CC)CC)nc1Cl. The van der Waals surface area contributed by atoms with Crippen molar-refractivity contribution in [3.05, 3.63) is 40.4 Å². The largest absolute Gasteiger partial charge is 0.478 e. The molecule has 188 valence electrons. The molecule has 0 aliphatic carbocycles. The average molecular weight is 519 g/mol. The van der Waals surface area contributed by atoms with Crippen molar-refractivity contribution in [1.82, 2.24) is 25.6 Å². The zero-order chi connectivity index (χ0) is 25.1. The maximum absolute atomic E-state index is 13.0. The Morgan fingerprint density at radius 3 is 2.69 bits per heavy atom. The highest BCUT2D eigenvalue weighted by Crippen LogP contribution is 2.33. The second kappa shape index (κ2) is 10.9. The first-order valence-corrected chi connectivity index (χ1v) is 13.2. The van der Waals surface area contributed by atoms with Crippen molar-refractivity contribution >= 4 is 50.2 Å². The number of aromatic amines is 1. The Labute approximate surface area is 213 Å². The van der Waals surface area contributed by atoms with Crippen LogP contribution in [0.15, 0.2) is 18.2 Å². The predicted molar refractivity (Wildman–Crippen MR) is 139 cm³/mol. The molecule has 35 heavy (non-hydrogen) atoms. The molecular weight excluding hydrogens is 488 g/mol. The Morgan fingerprint density at radius 1 is 1.26 bits per heavy atom. The molecule has 1 aromatic carbocycles. The third-order valence-corrected chi connectivity index (χ3v) is 8.04. The number of nitrogens with zero attached hydrogens (tertiary/aromatic N) is 3. The van der Waals surface area contributed by atoms with Gasteiger partial charge in [0.15, 0.2) is 16.1 Å². The number of thiazole rings is 1. The van der Waals surface area contributed by atoms with Crippen molar-refractivity contribution in [2.75, 3.05) is 18.0 Å². The third kappa shape index (κ3) is 5.44. The van der Waals surface area contributed by atoms with Crippen molar-refractivity contribution in [1.29, 1.82) is 0 Å². The molecule has 3 aromatic rings. The number of hydrogen-bond donors (Lipinski definition) is 4. The first kappa shape index (κ1) is 25.4. The summed E-state index contributed by atoms with van der Waals surface area (Å²) in [6.07, 6.45) is 3.33. The highest BCUT2D eigenvalue weighted by atomic mass is 35.5. The summed E-state index contributed by atoms with van der Waals surface area (Å²) in [5, 5.41) is 17.5. The van der Waals surface area contributed by atoms with Gasteiger partial charge in [-0.1, -0.05) is 49.8 Å². The molecule has 3 heterocycles. The number of piperidine rings is 1. The van der Waals surface area contributed by atoms with Crippen LogP contribution < -0.4 is 15.5 Å². The van der Waals surface area contributed by atoms with Gasteiger partial charge in [-0.15, -0.1) is 0 Å². The number of aromatic carboxylic acids is 1. The Morgan fingerprint density at radius 2 is 2.03 bits per heavy atom. The summed E-state index contributed by atoms with van der Waals surface area (Å²) in [6, 6.07) is 5.37. The maximum Gasteiger partial charge on any atom is 0.337 e. The Bertz CT molecular complexity index is 1210. The fraction of sp³-hybridized carbons (Fsp3) is 0.500. The second-order valence-electron chi connectivity index (χ2n) is 8.76. The first-order chi connectivity index (χ1) is 16.8. The summed E-state index contributed by atoms with van der Waals surface area (Å²) < 4.78 is 0.677. The average Bonchev–Trinajstić information content (AvgIpc) is 3.46. The van der Waals surface area contributed by atoms with Crippen molar-refractivity contribution in [2.45, 2.75) is 64.6 Å². The molecule has 4 N–H and O–H groups in total. The smallest absolute Gasteiger partial charge is 0.337 e. The molecule has 1 amide bonds. The van der Waals surface area contributed by atoms with E-state index >= 15 is 0 Å². The highest BCUT2D eigenvalue weighted by molar-refractivity contribution is 7.22. The molecule has 1 aliphatic heterocycles. The summed E-state index contributed by atoms with van der Waals surface area (Å²) in [5.41, 5.74) is 1.70. The Balaban J connectivity index is 1.55. The van der Waals surface area contributed by atoms with Crippen molar-refractivity contribution in [2.24, 2.45) is 0 Å². The molecule has 2 aromatic heterocycles. The van der Waals surface area contributed by atoms with Crippen LogP contribution in [-0.4, -0.2) is 63.1 Å². The summed E-state index contributed by atoms with van der Waals surface area (Å²) >= 11 is 7.53. The second-order valence-corrected chi connectivity index (χ2v) is 10.1. The number of H-pyrrole nitrogens is 1. The van der Waals surface area contributed by atoms with E-state index in [2.05, 4.69) is 39.3 Å². The number of carboxylic acid groups (broad SMARTS) is 1. The van der Waals surface area contributed by atoms with Crippen LogP contribution in [0.4, 0.5) is 5.13 Å². The van der Waals surface area contributed by atoms with Gasteiger partial charge in [-0.2, -0.15) is 0 Å². The number of nitrogens with one attached hydrogen (secondary N) is 3. The molecule has 9 nitrogen and oxygen atoms in total. The number of amides is 1. The van der Waals surface area contributed by atoms with Crippen LogP contribution in [0.3, 0.4) is 0 Å². The summed E-state index contributed by atoms with van der Waals surface area (Å²) in [6.45, 7) is 7.57. The van der Waals surface area contributed by atoms with E-state index in [9.17, 15) is 14.7 Å². The molecule has 0 radical (unpaired) electrons. The maximum atomic E-state index is 13.0. The van der Waals surface area contributed by atoms with Crippen molar-refractivity contribution < 1.29 is 14.7 Å². The van der Waals surface area contributed by atoms with Crippen molar-refractivity contribution in [3.8, 4) is 0 Å². The fourth-order valence-corrected chi connectivity index (χ4v) is 5.87. The van der Waals surface area contributed by atoms with Crippen LogP contribution in [0.1, 0.15) is 66.7 Å². The van der Waals surface area contributed by atoms with E-state index in [0.717, 1.165) is 23.7 Å². The zero-order valence-electron chi connectivity index (χ0n) is 20.1. The number of rotatable bonds is 9. The molecule has 1 saturated heterocycles. The topological polar surface area (TPSA) is 123 Å². The summed E-state index contributed by atoms with van der Waals surface area (Å²) in [7, 11) is 0. The van der Waals surface area contributed by atoms with Crippen LogP contribution in [0.5, 0.6) is 0 Å². The van der Waals surface area contributed by atoms with Gasteiger partial charge in [0.1, 0.15) is 0 Å². The molecule has 4 rings (SSSR count). The fourth-order valence-electron chi connectivity index (χ4n) is 4.50. The van der Waals surface area contributed by atoms with E-state index in [-0.39, 0.29) is 29.4 Å². The van der Waals surface area contributed by atoms with Crippen LogP contribution in [0, 0.1) is 0 Å². The van der Waals surface area contributed by atoms with E-state index < -0.39 is 5.97 Å². The van der Waals surface area contributed by atoms with Gasteiger partial charge < -0.3 is 25.6 Å². The summed E-state index contributed by atoms with van der Waals surface area (Å²) in [4.78, 5) is 38.7. The zero-order valence-corrected chi connectivity index (χ0v) is 21.7. The van der Waals surface area contributed by atoms with Gasteiger partial charge in [0.25, 0.3) is 5.91 Å². The minimum atomic E-state index is -0.954. The number of carbonyl (C=O) groups excluding carboxylic acids is 1. The number of fused-ring (bicyclic) bond motifs is 1. The molecule has 1 fully saturated rings. The quantitative estimate of drug-likeness (QED) is 0.336. The lowest BCUT2D eigenvalue weighted by molar-refractivity contribution is 0.0699. The van der Waals surface area contributed by atoms with Gasteiger partial charge in [-0.3, -0.25) is 4.79 Å². The van der Waals surface area contributed by atoms with Crippen LogP contribution in [-0.2, 0) is 6.42 Å². The normalized spacial score (nSPS) is 18.4. The Kier molecular flexibility index (Phi) is 7.93. The van der Waals surface area contributed by atoms with E-state index in [0.29, 0.717) is 47.3 Å². The molecule has 1 aliphatic rings. The minimum Gasteiger partial charge on any atom is -0.478 e. The van der Waals surface area contributed by atoms with Crippen LogP contribution in [0.25, 0.3) is 10.2 Å². The van der Waals surface area contributed by atoms with Crippen LogP contribution >= 0.6 is 22.9 Å². The van der Waals surface area contributed by atoms with Crippen LogP contribution in [0.2, 0.25) is 5.15 Å². The van der Waals surface area contributed by atoms with Gasteiger partial charge >= 0.3 is 5.97 Å². The molecule has 0 spiro atoms. The lowest BCUT2D eigenvalue weighted by Gasteiger charge is -2.40. The van der Waals surface area contributed by atoms with Gasteiger partial charge in [0.05, 0.1) is 21.5 Å². The van der Waals surface area contributed by atoms with Gasteiger partial charge in [0.2, 0.25) is 0 Å². The number of halogens is 1. The summed E-state index contributed by atoms with van der Waals surface area (Å²) in [5.74, 6) is -1.000. The molecule has 0 saturated carbocycles. The third-order valence-electron chi connectivity index (χ3n) is 6.57. The number of hydrogen-bond acceptors (Lipinski definition) is 7. The molecular formula is C24H31ClN6O3S. The predicted octanol–water partition coefficient (Wildman–Crippen LogP) is 4.09. The van der Waals surface area contributed by atoms with Crippen molar-refractivity contribution in [3.63, 3.8) is 0 Å². The van der Waals surface area contributed by atoms with E-state index in [1.807, 2.05) is 13.0 Å². The number of benzene rings is 1. The molecule has 11 heteroatoms.